The van der Waals surface area contributed by atoms with E-state index in [1.54, 1.807) is 17.5 Å². The molecule has 0 aromatic heterocycles. The molecule has 2 heterocycles. The molecule has 190 valence electrons. The van der Waals surface area contributed by atoms with Gasteiger partial charge < -0.3 is 9.64 Å². The van der Waals surface area contributed by atoms with E-state index in [2.05, 4.69) is 17.0 Å². The minimum atomic E-state index is -3.53. The van der Waals surface area contributed by atoms with Crippen molar-refractivity contribution in [1.82, 2.24) is 14.1 Å². The van der Waals surface area contributed by atoms with E-state index in [-0.39, 0.29) is 11.8 Å². The Hall–Kier alpha value is -2.42. The summed E-state index contributed by atoms with van der Waals surface area (Å²) in [7, 11) is -1.86. The zero-order chi connectivity index (χ0) is 25.0. The van der Waals surface area contributed by atoms with Crippen LogP contribution in [0.3, 0.4) is 0 Å². The molecule has 8 heteroatoms. The largest absolute Gasteiger partial charge is 0.497 e. The maximum atomic E-state index is 13.1. The summed E-state index contributed by atoms with van der Waals surface area (Å²) in [5.74, 6) is 0.962. The first-order valence-electron chi connectivity index (χ1n) is 12.5. The van der Waals surface area contributed by atoms with Crippen molar-refractivity contribution in [3.8, 4) is 5.75 Å². The van der Waals surface area contributed by atoms with E-state index in [0.717, 1.165) is 56.0 Å². The van der Waals surface area contributed by atoms with Crippen LogP contribution < -0.4 is 4.74 Å². The highest BCUT2D eigenvalue weighted by Gasteiger charge is 2.35. The van der Waals surface area contributed by atoms with Crippen molar-refractivity contribution in [3.05, 3.63) is 59.2 Å². The summed E-state index contributed by atoms with van der Waals surface area (Å²) in [4.78, 5) is 17.9. The zero-order valence-electron chi connectivity index (χ0n) is 21.1. The quantitative estimate of drug-likeness (QED) is 0.586. The number of carbonyl (C=O) groups is 1. The number of ether oxygens (including phenoxy) is 1. The molecule has 2 aliphatic rings. The van der Waals surface area contributed by atoms with Crippen LogP contribution in [-0.4, -0.2) is 81.4 Å². The number of methoxy groups -OCH3 is 1. The molecule has 0 radical (unpaired) electrons. The lowest BCUT2D eigenvalue weighted by atomic mass is 9.96. The molecule has 35 heavy (non-hydrogen) atoms. The van der Waals surface area contributed by atoms with Gasteiger partial charge in [0.25, 0.3) is 0 Å². The molecule has 2 fully saturated rings. The normalized spacial score (nSPS) is 18.5. The summed E-state index contributed by atoms with van der Waals surface area (Å²) in [5.41, 5.74) is 3.10. The van der Waals surface area contributed by atoms with Crippen molar-refractivity contribution >= 4 is 15.9 Å². The lowest BCUT2D eigenvalue weighted by Crippen LogP contribution is -2.52. The van der Waals surface area contributed by atoms with Crippen LogP contribution >= 0.6 is 0 Å². The smallest absolute Gasteiger partial charge is 0.243 e. The first-order chi connectivity index (χ1) is 16.8. The molecule has 2 saturated heterocycles. The Morgan fingerprint density at radius 2 is 1.60 bits per heavy atom. The molecule has 0 atom stereocenters. The standard InChI is InChI=1S/C27H37N3O4S/c1-21-4-9-26(22(2)20-21)35(32,33)30-14-11-24(12-15-30)27(31)29-18-16-28(17-19-29)13-10-23-5-7-25(34-3)8-6-23/h4-9,20,24H,10-19H2,1-3H3. The second-order valence-electron chi connectivity index (χ2n) is 9.71. The number of sulfonamides is 1. The number of aryl methyl sites for hydroxylation is 2. The second kappa shape index (κ2) is 11.1. The average molecular weight is 500 g/mol. The minimum absolute atomic E-state index is 0.0913. The number of piperazine rings is 1. The number of hydrogen-bond donors (Lipinski definition) is 0. The Balaban J connectivity index is 1.24. The summed E-state index contributed by atoms with van der Waals surface area (Å²) < 4.78 is 33.1. The Kier molecular flexibility index (Phi) is 8.14. The summed E-state index contributed by atoms with van der Waals surface area (Å²) in [6.45, 7) is 8.80. The monoisotopic (exact) mass is 499 g/mol. The van der Waals surface area contributed by atoms with E-state index in [1.165, 1.54) is 5.56 Å². The third-order valence-electron chi connectivity index (χ3n) is 7.31. The third kappa shape index (κ3) is 6.05. The highest BCUT2D eigenvalue weighted by Crippen LogP contribution is 2.27. The Bertz CT molecular complexity index is 1120. The number of hydrogen-bond acceptors (Lipinski definition) is 5. The molecule has 0 saturated carbocycles. The first kappa shape index (κ1) is 25.7. The first-order valence-corrected chi connectivity index (χ1v) is 13.9. The average Bonchev–Trinajstić information content (AvgIpc) is 2.87. The van der Waals surface area contributed by atoms with Crippen LogP contribution in [0.15, 0.2) is 47.4 Å². The van der Waals surface area contributed by atoms with E-state index >= 15 is 0 Å². The summed E-state index contributed by atoms with van der Waals surface area (Å²) in [5, 5.41) is 0. The van der Waals surface area contributed by atoms with E-state index in [9.17, 15) is 13.2 Å². The Labute approximate surface area is 209 Å². The van der Waals surface area contributed by atoms with E-state index in [1.807, 2.05) is 43.0 Å². The van der Waals surface area contributed by atoms with Gasteiger partial charge in [-0.3, -0.25) is 9.69 Å². The van der Waals surface area contributed by atoms with Gasteiger partial charge in [-0.15, -0.1) is 0 Å². The molecule has 2 aliphatic heterocycles. The van der Waals surface area contributed by atoms with Crippen molar-refractivity contribution in [1.29, 1.82) is 0 Å². The number of nitrogens with zero attached hydrogens (tertiary/aromatic N) is 3. The molecule has 0 spiro atoms. The third-order valence-corrected chi connectivity index (χ3v) is 9.37. The van der Waals surface area contributed by atoms with Gasteiger partial charge in [-0.25, -0.2) is 8.42 Å². The highest BCUT2D eigenvalue weighted by molar-refractivity contribution is 7.89. The molecule has 0 aliphatic carbocycles. The predicted octanol–water partition coefficient (Wildman–Crippen LogP) is 3.10. The van der Waals surface area contributed by atoms with E-state index in [4.69, 9.17) is 4.74 Å². The van der Waals surface area contributed by atoms with Gasteiger partial charge in [0.15, 0.2) is 0 Å². The molecular formula is C27H37N3O4S. The van der Waals surface area contributed by atoms with Crippen LogP contribution in [0.4, 0.5) is 0 Å². The number of rotatable bonds is 7. The van der Waals surface area contributed by atoms with E-state index in [0.29, 0.717) is 30.8 Å². The van der Waals surface area contributed by atoms with Crippen molar-refractivity contribution in [2.24, 2.45) is 5.92 Å². The maximum Gasteiger partial charge on any atom is 0.243 e. The Morgan fingerprint density at radius 3 is 2.20 bits per heavy atom. The molecule has 0 bridgehead atoms. The van der Waals surface area contributed by atoms with Gasteiger partial charge in [0, 0.05) is 51.7 Å². The molecule has 0 unspecified atom stereocenters. The molecule has 1 amide bonds. The van der Waals surface area contributed by atoms with Crippen LogP contribution in [0.5, 0.6) is 5.75 Å². The molecule has 4 rings (SSSR count). The van der Waals surface area contributed by atoms with Gasteiger partial charge in [-0.2, -0.15) is 4.31 Å². The summed E-state index contributed by atoms with van der Waals surface area (Å²) in [6, 6.07) is 13.6. The fourth-order valence-corrected chi connectivity index (χ4v) is 6.78. The summed E-state index contributed by atoms with van der Waals surface area (Å²) >= 11 is 0. The van der Waals surface area contributed by atoms with E-state index < -0.39 is 10.0 Å². The van der Waals surface area contributed by atoms with Gasteiger partial charge in [-0.05, 0) is 62.4 Å². The molecule has 2 aromatic carbocycles. The lowest BCUT2D eigenvalue weighted by Gasteiger charge is -2.38. The highest BCUT2D eigenvalue weighted by atomic mass is 32.2. The van der Waals surface area contributed by atoms with Crippen molar-refractivity contribution < 1.29 is 17.9 Å². The van der Waals surface area contributed by atoms with Gasteiger partial charge in [0.1, 0.15) is 5.75 Å². The van der Waals surface area contributed by atoms with Crippen LogP contribution in [-0.2, 0) is 21.2 Å². The zero-order valence-corrected chi connectivity index (χ0v) is 21.9. The van der Waals surface area contributed by atoms with Crippen LogP contribution in [0, 0.1) is 19.8 Å². The van der Waals surface area contributed by atoms with Crippen LogP contribution in [0.2, 0.25) is 0 Å². The van der Waals surface area contributed by atoms with Gasteiger partial charge >= 0.3 is 0 Å². The molecule has 2 aromatic rings. The summed E-state index contributed by atoms with van der Waals surface area (Å²) in [6.07, 6.45) is 2.15. The van der Waals surface area contributed by atoms with Crippen molar-refractivity contribution in [2.75, 3.05) is 52.9 Å². The topological polar surface area (TPSA) is 70.2 Å². The number of carbonyl (C=O) groups excluding carboxylic acids is 1. The van der Waals surface area contributed by atoms with Gasteiger partial charge in [0.2, 0.25) is 15.9 Å². The van der Waals surface area contributed by atoms with Crippen LogP contribution in [0.25, 0.3) is 0 Å². The lowest BCUT2D eigenvalue weighted by molar-refractivity contribution is -0.138. The number of benzene rings is 2. The molecule has 7 nitrogen and oxygen atoms in total. The van der Waals surface area contributed by atoms with Gasteiger partial charge in [0.05, 0.1) is 12.0 Å². The fraction of sp³-hybridized carbons (Fsp3) is 0.519. The van der Waals surface area contributed by atoms with Gasteiger partial charge in [-0.1, -0.05) is 29.8 Å². The SMILES string of the molecule is COc1ccc(CCN2CCN(C(=O)C3CCN(S(=O)(=O)c4ccc(C)cc4C)CC3)CC2)cc1. The fourth-order valence-electron chi connectivity index (χ4n) is 5.10. The number of piperidine rings is 1. The maximum absolute atomic E-state index is 13.1. The van der Waals surface area contributed by atoms with Crippen molar-refractivity contribution in [2.45, 2.75) is 38.0 Å². The molecular weight excluding hydrogens is 462 g/mol. The molecule has 0 N–H and O–H groups in total. The number of amides is 1. The minimum Gasteiger partial charge on any atom is -0.497 e. The van der Waals surface area contributed by atoms with Crippen molar-refractivity contribution in [3.63, 3.8) is 0 Å². The Morgan fingerprint density at radius 1 is 0.943 bits per heavy atom. The second-order valence-corrected chi connectivity index (χ2v) is 11.6. The predicted molar refractivity (Wildman–Crippen MR) is 137 cm³/mol. The van der Waals surface area contributed by atoms with Crippen LogP contribution in [0.1, 0.15) is 29.5 Å².